The molecule has 0 bridgehead atoms. The van der Waals surface area contributed by atoms with Crippen LogP contribution in [0.25, 0.3) is 17.0 Å². The minimum absolute atomic E-state index is 0.176. The van der Waals surface area contributed by atoms with E-state index in [1.807, 2.05) is 42.6 Å². The number of aliphatic carboxylic acids is 1. The number of pyridine rings is 1. The number of ether oxygens (including phenoxy) is 1. The number of allylic oxidation sites excluding steroid dienone is 1. The molecule has 2 heterocycles. The topological polar surface area (TPSA) is 115 Å². The van der Waals surface area contributed by atoms with Gasteiger partial charge in [-0.2, -0.15) is 0 Å². The fourth-order valence-corrected chi connectivity index (χ4v) is 5.27. The number of rotatable bonds is 15. The van der Waals surface area contributed by atoms with Gasteiger partial charge in [-0.15, -0.1) is 0 Å². The van der Waals surface area contributed by atoms with E-state index < -0.39 is 5.97 Å². The van der Waals surface area contributed by atoms with Crippen molar-refractivity contribution in [3.8, 4) is 11.5 Å². The molecule has 0 radical (unpaired) electrons. The molecular weight excluding hydrogens is 518 g/mol. The summed E-state index contributed by atoms with van der Waals surface area (Å²) >= 11 is 0. The van der Waals surface area contributed by atoms with Gasteiger partial charge in [-0.1, -0.05) is 43.5 Å². The second-order valence-corrected chi connectivity index (χ2v) is 10.7. The second kappa shape index (κ2) is 15.9. The zero-order valence-corrected chi connectivity index (χ0v) is 23.9. The molecule has 1 unspecified atom stereocenters. The smallest absolute Gasteiger partial charge is 0.303 e. The van der Waals surface area contributed by atoms with Gasteiger partial charge in [0.2, 0.25) is 5.89 Å². The van der Waals surface area contributed by atoms with Gasteiger partial charge in [0.25, 0.3) is 5.91 Å². The molecule has 1 aromatic carbocycles. The van der Waals surface area contributed by atoms with Crippen LogP contribution in [0.15, 0.2) is 65.5 Å². The van der Waals surface area contributed by atoms with E-state index in [0.717, 1.165) is 41.5 Å². The van der Waals surface area contributed by atoms with E-state index in [2.05, 4.69) is 28.3 Å². The van der Waals surface area contributed by atoms with Crippen LogP contribution in [-0.2, 0) is 9.53 Å². The van der Waals surface area contributed by atoms with E-state index in [0.29, 0.717) is 31.4 Å². The van der Waals surface area contributed by atoms with E-state index in [1.54, 1.807) is 6.20 Å². The number of carboxylic acid groups (broad SMARTS) is 1. The van der Waals surface area contributed by atoms with Crippen molar-refractivity contribution < 1.29 is 23.8 Å². The number of carboxylic acids is 1. The first-order valence-electron chi connectivity index (χ1n) is 14.8. The average Bonchev–Trinajstić information content (AvgIpc) is 3.50. The normalized spacial score (nSPS) is 15.0. The number of carbonyl (C=O) groups is 2. The van der Waals surface area contributed by atoms with Crippen molar-refractivity contribution in [1.82, 2.24) is 15.3 Å². The maximum Gasteiger partial charge on any atom is 0.303 e. The van der Waals surface area contributed by atoms with Crippen molar-refractivity contribution in [2.45, 2.75) is 77.2 Å². The summed E-state index contributed by atoms with van der Waals surface area (Å²) in [5, 5.41) is 11.8. The summed E-state index contributed by atoms with van der Waals surface area (Å²) in [5.74, 6) is 0.0106. The lowest BCUT2D eigenvalue weighted by molar-refractivity contribution is -0.137. The van der Waals surface area contributed by atoms with Crippen molar-refractivity contribution in [1.29, 1.82) is 0 Å². The van der Waals surface area contributed by atoms with E-state index in [-0.39, 0.29) is 24.1 Å². The molecule has 1 aliphatic rings. The third kappa shape index (κ3) is 9.39. The van der Waals surface area contributed by atoms with E-state index in [9.17, 15) is 9.59 Å². The molecule has 1 fully saturated rings. The number of benzene rings is 1. The third-order valence-corrected chi connectivity index (χ3v) is 7.65. The monoisotopic (exact) mass is 559 g/mol. The number of nitrogens with zero attached hydrogens (tertiary/aromatic N) is 2. The molecule has 0 saturated heterocycles. The molecule has 41 heavy (non-hydrogen) atoms. The SMILES string of the molecule is CC(OCCCNC(=O)c1coc(-c2ccc(C(=CCCCCC(=O)O)c3cccnc3)cc2)n1)C1CCCCC1. The van der Waals surface area contributed by atoms with Crippen molar-refractivity contribution >= 4 is 17.4 Å². The van der Waals surface area contributed by atoms with Gasteiger partial charge in [0.15, 0.2) is 5.69 Å². The Kier molecular flexibility index (Phi) is 11.7. The van der Waals surface area contributed by atoms with Crippen LogP contribution >= 0.6 is 0 Å². The molecule has 2 N–H and O–H groups in total. The minimum atomic E-state index is -0.770. The summed E-state index contributed by atoms with van der Waals surface area (Å²) < 4.78 is 11.6. The number of hydrogen-bond donors (Lipinski definition) is 2. The van der Waals surface area contributed by atoms with Gasteiger partial charge in [-0.05, 0) is 80.7 Å². The van der Waals surface area contributed by atoms with Crippen LogP contribution in [0.3, 0.4) is 0 Å². The molecular formula is C33H41N3O5. The quantitative estimate of drug-likeness (QED) is 0.194. The summed E-state index contributed by atoms with van der Waals surface area (Å²) in [4.78, 5) is 32.1. The van der Waals surface area contributed by atoms with Crippen molar-refractivity contribution in [2.75, 3.05) is 13.2 Å². The van der Waals surface area contributed by atoms with Gasteiger partial charge in [0, 0.05) is 43.1 Å². The largest absolute Gasteiger partial charge is 0.481 e. The predicted octanol–water partition coefficient (Wildman–Crippen LogP) is 6.92. The molecule has 218 valence electrons. The lowest BCUT2D eigenvalue weighted by Gasteiger charge is -2.27. The Labute approximate surface area is 242 Å². The highest BCUT2D eigenvalue weighted by atomic mass is 16.5. The fourth-order valence-electron chi connectivity index (χ4n) is 5.27. The lowest BCUT2D eigenvalue weighted by atomic mass is 9.86. The van der Waals surface area contributed by atoms with Gasteiger partial charge in [-0.3, -0.25) is 14.6 Å². The molecule has 8 heteroatoms. The molecule has 3 aromatic rings. The van der Waals surface area contributed by atoms with Crippen molar-refractivity contribution in [2.24, 2.45) is 5.92 Å². The Bertz CT molecular complexity index is 1260. The second-order valence-electron chi connectivity index (χ2n) is 10.7. The van der Waals surface area contributed by atoms with Gasteiger partial charge < -0.3 is 19.6 Å². The molecule has 0 spiro atoms. The van der Waals surface area contributed by atoms with Crippen LogP contribution < -0.4 is 5.32 Å². The van der Waals surface area contributed by atoms with Crippen LogP contribution in [0.5, 0.6) is 0 Å². The summed E-state index contributed by atoms with van der Waals surface area (Å²) in [7, 11) is 0. The molecule has 8 nitrogen and oxygen atoms in total. The molecule has 2 aromatic heterocycles. The molecule has 1 aliphatic carbocycles. The average molecular weight is 560 g/mol. The van der Waals surface area contributed by atoms with Crippen LogP contribution in [0, 0.1) is 5.92 Å². The van der Waals surface area contributed by atoms with E-state index >= 15 is 0 Å². The zero-order valence-electron chi connectivity index (χ0n) is 23.9. The Hall–Kier alpha value is -3.78. The summed E-state index contributed by atoms with van der Waals surface area (Å²) in [5.41, 5.74) is 4.04. The molecule has 4 rings (SSSR count). The number of unbranched alkanes of at least 4 members (excludes halogenated alkanes) is 2. The molecule has 1 saturated carbocycles. The van der Waals surface area contributed by atoms with E-state index in [1.165, 1.54) is 38.4 Å². The van der Waals surface area contributed by atoms with Crippen LogP contribution in [0.4, 0.5) is 0 Å². The van der Waals surface area contributed by atoms with Gasteiger partial charge in [0.05, 0.1) is 6.10 Å². The van der Waals surface area contributed by atoms with Crippen molar-refractivity contribution in [3.05, 3.63) is 78.0 Å². The van der Waals surface area contributed by atoms with Crippen LogP contribution in [0.2, 0.25) is 0 Å². The minimum Gasteiger partial charge on any atom is -0.481 e. The van der Waals surface area contributed by atoms with Gasteiger partial charge in [0.1, 0.15) is 6.26 Å². The highest BCUT2D eigenvalue weighted by molar-refractivity contribution is 5.92. The Morgan fingerprint density at radius 3 is 2.63 bits per heavy atom. The van der Waals surface area contributed by atoms with Crippen LogP contribution in [-0.4, -0.2) is 46.2 Å². The van der Waals surface area contributed by atoms with Gasteiger partial charge >= 0.3 is 5.97 Å². The number of hydrogen-bond acceptors (Lipinski definition) is 6. The number of carbonyl (C=O) groups excluding carboxylic acids is 1. The fraction of sp³-hybridized carbons (Fsp3) is 0.455. The molecule has 1 amide bonds. The van der Waals surface area contributed by atoms with Crippen LogP contribution in [0.1, 0.15) is 92.7 Å². The number of aromatic nitrogens is 2. The lowest BCUT2D eigenvalue weighted by Crippen LogP contribution is -2.27. The number of oxazole rings is 1. The number of amides is 1. The third-order valence-electron chi connectivity index (χ3n) is 7.65. The van der Waals surface area contributed by atoms with Crippen molar-refractivity contribution in [3.63, 3.8) is 0 Å². The summed E-state index contributed by atoms with van der Waals surface area (Å²) in [6, 6.07) is 11.7. The first kappa shape index (κ1) is 30.2. The molecule has 1 atom stereocenters. The highest BCUT2D eigenvalue weighted by Crippen LogP contribution is 2.28. The Balaban J connectivity index is 1.29. The summed E-state index contributed by atoms with van der Waals surface area (Å²) in [6.07, 6.45) is 16.9. The summed E-state index contributed by atoms with van der Waals surface area (Å²) in [6.45, 7) is 3.32. The Morgan fingerprint density at radius 2 is 1.90 bits per heavy atom. The number of nitrogens with one attached hydrogen (secondary N) is 1. The standard InChI is InChI=1S/C33H41N3O5/c1-24(25-10-4-2-5-11-25)40-21-9-20-35-32(39)30-23-41-33(36-30)27-17-15-26(16-18-27)29(28-12-8-19-34-22-28)13-6-3-7-14-31(37)38/h8,12-13,15-19,22-25H,2-7,9-11,14,20-21H2,1H3,(H,35,39)(H,37,38). The maximum atomic E-state index is 12.6. The predicted molar refractivity (Wildman–Crippen MR) is 158 cm³/mol. The maximum absolute atomic E-state index is 12.6. The Morgan fingerprint density at radius 1 is 1.10 bits per heavy atom. The van der Waals surface area contributed by atoms with E-state index in [4.69, 9.17) is 14.3 Å². The first-order valence-corrected chi connectivity index (χ1v) is 14.8. The first-order chi connectivity index (χ1) is 20.0. The highest BCUT2D eigenvalue weighted by Gasteiger charge is 2.20. The zero-order chi connectivity index (χ0) is 28.9. The van der Waals surface area contributed by atoms with Gasteiger partial charge in [-0.25, -0.2) is 4.98 Å². The molecule has 0 aliphatic heterocycles.